The standard InChI is InChI=1S/C16H19N3O/c1-12(13-8-10-18-11-9-13)19-15(20)16(2,17)14-6-4-3-5-7-14/h3-12H,17H2,1-2H3,(H,19,20)/t12-,16?/m0/s1. The lowest BCUT2D eigenvalue weighted by Crippen LogP contribution is -2.49. The second-order valence-electron chi connectivity index (χ2n) is 5.04. The molecule has 0 fully saturated rings. The maximum Gasteiger partial charge on any atom is 0.244 e. The van der Waals surface area contributed by atoms with Gasteiger partial charge in [0.2, 0.25) is 5.91 Å². The first-order valence-electron chi connectivity index (χ1n) is 6.57. The average molecular weight is 269 g/mol. The van der Waals surface area contributed by atoms with Crippen LogP contribution in [0.4, 0.5) is 0 Å². The van der Waals surface area contributed by atoms with Crippen molar-refractivity contribution < 1.29 is 4.79 Å². The maximum absolute atomic E-state index is 12.4. The number of benzene rings is 1. The highest BCUT2D eigenvalue weighted by molar-refractivity contribution is 5.87. The van der Waals surface area contributed by atoms with E-state index in [0.717, 1.165) is 11.1 Å². The zero-order chi connectivity index (χ0) is 14.6. The predicted molar refractivity (Wildman–Crippen MR) is 78.8 cm³/mol. The van der Waals surface area contributed by atoms with E-state index in [0.29, 0.717) is 0 Å². The van der Waals surface area contributed by atoms with Gasteiger partial charge in [0.15, 0.2) is 0 Å². The zero-order valence-corrected chi connectivity index (χ0v) is 11.7. The Kier molecular flexibility index (Phi) is 4.15. The van der Waals surface area contributed by atoms with Gasteiger partial charge in [0.1, 0.15) is 5.54 Å². The molecule has 2 aromatic rings. The number of nitrogens with zero attached hydrogens (tertiary/aromatic N) is 1. The van der Waals surface area contributed by atoms with Crippen LogP contribution < -0.4 is 11.1 Å². The quantitative estimate of drug-likeness (QED) is 0.893. The van der Waals surface area contributed by atoms with Crippen molar-refractivity contribution in [2.75, 3.05) is 0 Å². The molecule has 0 aliphatic heterocycles. The van der Waals surface area contributed by atoms with Gasteiger partial charge < -0.3 is 11.1 Å². The van der Waals surface area contributed by atoms with Crippen LogP contribution in [0.25, 0.3) is 0 Å². The Bertz CT molecular complexity index is 567. The second-order valence-corrected chi connectivity index (χ2v) is 5.04. The van der Waals surface area contributed by atoms with Crippen LogP contribution in [0, 0.1) is 0 Å². The van der Waals surface area contributed by atoms with E-state index >= 15 is 0 Å². The molecule has 20 heavy (non-hydrogen) atoms. The van der Waals surface area contributed by atoms with Crippen LogP contribution in [0.3, 0.4) is 0 Å². The number of carbonyl (C=O) groups is 1. The van der Waals surface area contributed by atoms with Crippen molar-refractivity contribution in [3.05, 3.63) is 66.0 Å². The van der Waals surface area contributed by atoms with Gasteiger partial charge in [0, 0.05) is 12.4 Å². The van der Waals surface area contributed by atoms with Crippen LogP contribution in [-0.2, 0) is 10.3 Å². The minimum absolute atomic E-state index is 0.114. The SMILES string of the molecule is C[C@H](NC(=O)C(C)(N)c1ccccc1)c1ccncc1. The van der Waals surface area contributed by atoms with E-state index in [4.69, 9.17) is 5.73 Å². The highest BCUT2D eigenvalue weighted by Gasteiger charge is 2.31. The fraction of sp³-hybridized carbons (Fsp3) is 0.250. The highest BCUT2D eigenvalue weighted by atomic mass is 16.2. The summed E-state index contributed by atoms with van der Waals surface area (Å²) < 4.78 is 0. The van der Waals surface area contributed by atoms with Gasteiger partial charge >= 0.3 is 0 Å². The van der Waals surface area contributed by atoms with E-state index in [9.17, 15) is 4.79 Å². The van der Waals surface area contributed by atoms with Crippen LogP contribution >= 0.6 is 0 Å². The number of nitrogens with two attached hydrogens (primary N) is 1. The van der Waals surface area contributed by atoms with Crippen molar-refractivity contribution in [2.45, 2.75) is 25.4 Å². The molecule has 0 saturated heterocycles. The van der Waals surface area contributed by atoms with Crippen LogP contribution in [0.2, 0.25) is 0 Å². The van der Waals surface area contributed by atoms with Gasteiger partial charge in [-0.3, -0.25) is 9.78 Å². The van der Waals surface area contributed by atoms with E-state index in [2.05, 4.69) is 10.3 Å². The van der Waals surface area contributed by atoms with Gasteiger partial charge in [0.05, 0.1) is 6.04 Å². The topological polar surface area (TPSA) is 68.0 Å². The molecule has 104 valence electrons. The summed E-state index contributed by atoms with van der Waals surface area (Å²) in [6, 6.07) is 13.0. The number of pyridine rings is 1. The first kappa shape index (κ1) is 14.2. The molecule has 0 radical (unpaired) electrons. The zero-order valence-electron chi connectivity index (χ0n) is 11.7. The van der Waals surface area contributed by atoms with Gasteiger partial charge in [0.25, 0.3) is 0 Å². The number of aromatic nitrogens is 1. The highest BCUT2D eigenvalue weighted by Crippen LogP contribution is 2.19. The Morgan fingerprint density at radius 3 is 2.40 bits per heavy atom. The van der Waals surface area contributed by atoms with Gasteiger partial charge in [-0.2, -0.15) is 0 Å². The summed E-state index contributed by atoms with van der Waals surface area (Å²) >= 11 is 0. The van der Waals surface area contributed by atoms with Crippen molar-refractivity contribution in [3.8, 4) is 0 Å². The number of carbonyl (C=O) groups excluding carboxylic acids is 1. The molecular formula is C16H19N3O. The Morgan fingerprint density at radius 2 is 1.80 bits per heavy atom. The molecule has 3 N–H and O–H groups in total. The fourth-order valence-electron chi connectivity index (χ4n) is 2.00. The third-order valence-electron chi connectivity index (χ3n) is 3.40. The van der Waals surface area contributed by atoms with Gasteiger partial charge in [-0.1, -0.05) is 30.3 Å². The van der Waals surface area contributed by atoms with E-state index < -0.39 is 5.54 Å². The Labute approximate surface area is 119 Å². The third kappa shape index (κ3) is 3.03. The molecule has 0 aliphatic carbocycles. The molecule has 1 amide bonds. The first-order chi connectivity index (χ1) is 9.51. The summed E-state index contributed by atoms with van der Waals surface area (Å²) in [6.07, 6.45) is 3.41. The summed E-state index contributed by atoms with van der Waals surface area (Å²) in [5.74, 6) is -0.201. The molecule has 0 bridgehead atoms. The van der Waals surface area contributed by atoms with Crippen molar-refractivity contribution in [3.63, 3.8) is 0 Å². The molecule has 2 atom stereocenters. The van der Waals surface area contributed by atoms with Gasteiger partial charge in [-0.25, -0.2) is 0 Å². The van der Waals surface area contributed by atoms with Crippen molar-refractivity contribution in [1.82, 2.24) is 10.3 Å². The lowest BCUT2D eigenvalue weighted by molar-refractivity contribution is -0.126. The van der Waals surface area contributed by atoms with E-state index in [1.807, 2.05) is 49.4 Å². The fourth-order valence-corrected chi connectivity index (χ4v) is 2.00. The number of amides is 1. The summed E-state index contributed by atoms with van der Waals surface area (Å²) in [6.45, 7) is 3.64. The smallest absolute Gasteiger partial charge is 0.244 e. The number of hydrogen-bond acceptors (Lipinski definition) is 3. The number of hydrogen-bond donors (Lipinski definition) is 2. The maximum atomic E-state index is 12.4. The van der Waals surface area contributed by atoms with Crippen molar-refractivity contribution >= 4 is 5.91 Å². The largest absolute Gasteiger partial charge is 0.348 e. The van der Waals surface area contributed by atoms with Gasteiger partial charge in [-0.05, 0) is 37.1 Å². The van der Waals surface area contributed by atoms with Crippen molar-refractivity contribution in [2.24, 2.45) is 5.73 Å². The van der Waals surface area contributed by atoms with Crippen LogP contribution in [0.5, 0.6) is 0 Å². The molecule has 1 unspecified atom stereocenters. The lowest BCUT2D eigenvalue weighted by atomic mass is 9.92. The van der Waals surface area contributed by atoms with Crippen LogP contribution in [0.1, 0.15) is 31.0 Å². The second kappa shape index (κ2) is 5.84. The molecule has 1 aromatic carbocycles. The number of rotatable bonds is 4. The minimum atomic E-state index is -1.05. The summed E-state index contributed by atoms with van der Waals surface area (Å²) in [5.41, 5.74) is 6.92. The predicted octanol–water partition coefficient (Wildman–Crippen LogP) is 2.13. The van der Waals surface area contributed by atoms with E-state index in [1.165, 1.54) is 0 Å². The summed E-state index contributed by atoms with van der Waals surface area (Å²) in [4.78, 5) is 16.4. The van der Waals surface area contributed by atoms with Crippen molar-refractivity contribution in [1.29, 1.82) is 0 Å². The average Bonchev–Trinajstić information content (AvgIpc) is 2.49. The Morgan fingerprint density at radius 1 is 1.20 bits per heavy atom. The molecule has 0 aliphatic rings. The molecule has 1 heterocycles. The van der Waals surface area contributed by atoms with Crippen LogP contribution in [-0.4, -0.2) is 10.9 Å². The molecular weight excluding hydrogens is 250 g/mol. The lowest BCUT2D eigenvalue weighted by Gasteiger charge is -2.26. The Balaban J connectivity index is 2.12. The molecule has 4 nitrogen and oxygen atoms in total. The number of nitrogens with one attached hydrogen (secondary N) is 1. The van der Waals surface area contributed by atoms with Crippen LogP contribution in [0.15, 0.2) is 54.9 Å². The minimum Gasteiger partial charge on any atom is -0.348 e. The van der Waals surface area contributed by atoms with Gasteiger partial charge in [-0.15, -0.1) is 0 Å². The monoisotopic (exact) mass is 269 g/mol. The summed E-state index contributed by atoms with van der Waals surface area (Å²) in [5, 5.41) is 2.94. The molecule has 0 spiro atoms. The molecule has 1 aromatic heterocycles. The molecule has 0 saturated carbocycles. The molecule has 2 rings (SSSR count). The van der Waals surface area contributed by atoms with E-state index in [1.54, 1.807) is 19.3 Å². The normalized spacial score (nSPS) is 15.2. The third-order valence-corrected chi connectivity index (χ3v) is 3.40. The van der Waals surface area contributed by atoms with E-state index in [-0.39, 0.29) is 11.9 Å². The molecule has 4 heteroatoms. The first-order valence-corrected chi connectivity index (χ1v) is 6.57. The Hall–Kier alpha value is -2.20. The summed E-state index contributed by atoms with van der Waals surface area (Å²) in [7, 11) is 0.